The molecule has 0 aliphatic carbocycles. The molecule has 0 amide bonds. The van der Waals surface area contributed by atoms with E-state index in [0.717, 1.165) is 12.1 Å². The lowest BCUT2D eigenvalue weighted by Crippen LogP contribution is -2.36. The molecular formula is C19H22N2O. The van der Waals surface area contributed by atoms with Gasteiger partial charge in [0.15, 0.2) is 0 Å². The third-order valence-electron chi connectivity index (χ3n) is 4.62. The molecule has 0 bridgehead atoms. The summed E-state index contributed by atoms with van der Waals surface area (Å²) in [5.74, 6) is 0. The lowest BCUT2D eigenvalue weighted by molar-refractivity contribution is 0.137. The van der Waals surface area contributed by atoms with Crippen LogP contribution < -0.4 is 5.48 Å². The minimum Gasteiger partial charge on any atom is -0.291 e. The van der Waals surface area contributed by atoms with Crippen LogP contribution in [0.5, 0.6) is 0 Å². The summed E-state index contributed by atoms with van der Waals surface area (Å²) in [5, 5.41) is 9.55. The van der Waals surface area contributed by atoms with E-state index in [1.54, 1.807) is 0 Å². The topological polar surface area (TPSA) is 35.5 Å². The number of hydrogen-bond acceptors (Lipinski definition) is 3. The molecule has 0 saturated carbocycles. The summed E-state index contributed by atoms with van der Waals surface area (Å²) in [4.78, 5) is 2.39. The molecule has 3 rings (SSSR count). The van der Waals surface area contributed by atoms with Gasteiger partial charge in [0.05, 0.1) is 6.04 Å². The molecule has 2 unspecified atom stereocenters. The minimum atomic E-state index is 0.162. The molecule has 2 atom stereocenters. The average Bonchev–Trinajstić information content (AvgIpc) is 2.57. The molecule has 0 spiro atoms. The van der Waals surface area contributed by atoms with Crippen molar-refractivity contribution >= 4 is 0 Å². The lowest BCUT2D eigenvalue weighted by Gasteiger charge is -2.41. The molecule has 0 fully saturated rings. The van der Waals surface area contributed by atoms with Crippen LogP contribution in [0.3, 0.4) is 0 Å². The van der Waals surface area contributed by atoms with E-state index in [4.69, 9.17) is 0 Å². The van der Waals surface area contributed by atoms with Crippen molar-refractivity contribution in [1.29, 1.82) is 0 Å². The van der Waals surface area contributed by atoms with Crippen LogP contribution in [0, 0.1) is 0 Å². The molecule has 0 radical (unpaired) electrons. The minimum absolute atomic E-state index is 0.162. The van der Waals surface area contributed by atoms with E-state index in [0.29, 0.717) is 0 Å². The monoisotopic (exact) mass is 294 g/mol. The zero-order valence-electron chi connectivity index (χ0n) is 13.0. The Morgan fingerprint density at radius 2 is 1.50 bits per heavy atom. The van der Waals surface area contributed by atoms with E-state index >= 15 is 0 Å². The van der Waals surface area contributed by atoms with Crippen molar-refractivity contribution in [3.63, 3.8) is 0 Å². The summed E-state index contributed by atoms with van der Waals surface area (Å²) in [6.45, 7) is 2.09. The van der Waals surface area contributed by atoms with Crippen LogP contribution in [-0.2, 0) is 0 Å². The van der Waals surface area contributed by atoms with Crippen LogP contribution in [-0.4, -0.2) is 17.2 Å². The van der Waals surface area contributed by atoms with Gasteiger partial charge in [-0.15, -0.1) is 0 Å². The van der Waals surface area contributed by atoms with Gasteiger partial charge < -0.3 is 0 Å². The zero-order valence-corrected chi connectivity index (χ0v) is 13.0. The van der Waals surface area contributed by atoms with E-state index in [1.807, 2.05) is 12.1 Å². The first kappa shape index (κ1) is 14.8. The molecule has 1 heterocycles. The number of nitrogens with one attached hydrogen (secondary N) is 1. The quantitative estimate of drug-likeness (QED) is 0.838. The zero-order chi connectivity index (χ0) is 15.5. The number of likely N-dealkylation sites (N-methyl/N-ethyl adjacent to an activating group) is 1. The van der Waals surface area contributed by atoms with Gasteiger partial charge in [-0.05, 0) is 30.7 Å². The smallest absolute Gasteiger partial charge is 0.0581 e. The maximum Gasteiger partial charge on any atom is 0.0581 e. The van der Waals surface area contributed by atoms with E-state index in [2.05, 4.69) is 72.9 Å². The van der Waals surface area contributed by atoms with Gasteiger partial charge in [0.1, 0.15) is 0 Å². The predicted molar refractivity (Wildman–Crippen MR) is 88.4 cm³/mol. The SMILES string of the molecule is CC1=C(NO)CC(c2ccccc2)N(C)C1c1ccccc1. The van der Waals surface area contributed by atoms with E-state index in [-0.39, 0.29) is 12.1 Å². The fraction of sp³-hybridized carbons (Fsp3) is 0.263. The van der Waals surface area contributed by atoms with E-state index < -0.39 is 0 Å². The molecule has 3 heteroatoms. The summed E-state index contributed by atoms with van der Waals surface area (Å²) in [7, 11) is 2.16. The Kier molecular flexibility index (Phi) is 4.27. The highest BCUT2D eigenvalue weighted by atomic mass is 16.5. The summed E-state index contributed by atoms with van der Waals surface area (Å²) >= 11 is 0. The normalized spacial score (nSPS) is 22.7. The number of nitrogens with zero attached hydrogens (tertiary/aromatic N) is 1. The van der Waals surface area contributed by atoms with Gasteiger partial charge in [-0.3, -0.25) is 15.6 Å². The van der Waals surface area contributed by atoms with Crippen LogP contribution in [0.4, 0.5) is 0 Å². The molecule has 22 heavy (non-hydrogen) atoms. The van der Waals surface area contributed by atoms with Crippen molar-refractivity contribution in [2.24, 2.45) is 0 Å². The van der Waals surface area contributed by atoms with Crippen LogP contribution in [0.2, 0.25) is 0 Å². The molecule has 0 aromatic heterocycles. The van der Waals surface area contributed by atoms with Gasteiger partial charge in [0.2, 0.25) is 0 Å². The highest BCUT2D eigenvalue weighted by molar-refractivity contribution is 5.34. The highest BCUT2D eigenvalue weighted by Crippen LogP contribution is 2.42. The van der Waals surface area contributed by atoms with Crippen molar-refractivity contribution in [3.8, 4) is 0 Å². The first-order valence-corrected chi connectivity index (χ1v) is 7.64. The Bertz CT molecular complexity index is 652. The van der Waals surface area contributed by atoms with E-state index in [1.165, 1.54) is 16.7 Å². The van der Waals surface area contributed by atoms with Crippen LogP contribution in [0.25, 0.3) is 0 Å². The molecule has 1 aliphatic heterocycles. The molecule has 0 saturated heterocycles. The van der Waals surface area contributed by atoms with Crippen molar-refractivity contribution in [3.05, 3.63) is 83.1 Å². The van der Waals surface area contributed by atoms with Gasteiger partial charge in [0, 0.05) is 18.2 Å². The Hall–Kier alpha value is -2.10. The van der Waals surface area contributed by atoms with Gasteiger partial charge >= 0.3 is 0 Å². The second kappa shape index (κ2) is 6.34. The number of rotatable bonds is 3. The fourth-order valence-electron chi connectivity index (χ4n) is 3.43. The third kappa shape index (κ3) is 2.65. The molecule has 2 aromatic rings. The second-order valence-electron chi connectivity index (χ2n) is 5.88. The second-order valence-corrected chi connectivity index (χ2v) is 5.88. The molecule has 1 aliphatic rings. The Morgan fingerprint density at radius 1 is 0.955 bits per heavy atom. The Labute approximate surface area is 131 Å². The van der Waals surface area contributed by atoms with E-state index in [9.17, 15) is 5.21 Å². The summed E-state index contributed by atoms with van der Waals surface area (Å²) in [6.07, 6.45) is 0.784. The van der Waals surface area contributed by atoms with Crippen LogP contribution in [0.15, 0.2) is 71.9 Å². The summed E-state index contributed by atoms with van der Waals surface area (Å²) in [5.41, 5.74) is 7.03. The van der Waals surface area contributed by atoms with Gasteiger partial charge in [0.25, 0.3) is 0 Å². The number of hydrogen-bond donors (Lipinski definition) is 2. The predicted octanol–water partition coefficient (Wildman–Crippen LogP) is 4.06. The maximum atomic E-state index is 9.55. The standard InChI is InChI=1S/C19H22N2O/c1-14-17(20-22)13-18(15-9-5-3-6-10-15)21(2)19(14)16-11-7-4-8-12-16/h3-12,18-20,22H,13H2,1-2H3. The van der Waals surface area contributed by atoms with Crippen molar-refractivity contribution in [2.45, 2.75) is 25.4 Å². The van der Waals surface area contributed by atoms with Crippen molar-refractivity contribution in [2.75, 3.05) is 7.05 Å². The Balaban J connectivity index is 2.04. The number of benzene rings is 2. The van der Waals surface area contributed by atoms with Crippen molar-refractivity contribution in [1.82, 2.24) is 10.4 Å². The highest BCUT2D eigenvalue weighted by Gasteiger charge is 2.33. The first-order chi connectivity index (χ1) is 10.7. The van der Waals surface area contributed by atoms with Gasteiger partial charge in [-0.1, -0.05) is 60.7 Å². The maximum absolute atomic E-state index is 9.55. The van der Waals surface area contributed by atoms with Gasteiger partial charge in [-0.25, -0.2) is 0 Å². The number of hydroxylamine groups is 1. The third-order valence-corrected chi connectivity index (χ3v) is 4.62. The fourth-order valence-corrected chi connectivity index (χ4v) is 3.43. The van der Waals surface area contributed by atoms with Gasteiger partial charge in [-0.2, -0.15) is 0 Å². The lowest BCUT2D eigenvalue weighted by atomic mass is 9.86. The Morgan fingerprint density at radius 3 is 2.05 bits per heavy atom. The molecular weight excluding hydrogens is 272 g/mol. The molecule has 3 nitrogen and oxygen atoms in total. The molecule has 2 N–H and O–H groups in total. The molecule has 114 valence electrons. The summed E-state index contributed by atoms with van der Waals surface area (Å²) in [6, 6.07) is 21.3. The largest absolute Gasteiger partial charge is 0.291 e. The summed E-state index contributed by atoms with van der Waals surface area (Å²) < 4.78 is 0. The van der Waals surface area contributed by atoms with Crippen LogP contribution >= 0.6 is 0 Å². The van der Waals surface area contributed by atoms with Crippen molar-refractivity contribution < 1.29 is 5.21 Å². The molecule has 2 aromatic carbocycles. The van der Waals surface area contributed by atoms with Crippen LogP contribution in [0.1, 0.15) is 36.6 Å². The first-order valence-electron chi connectivity index (χ1n) is 7.64. The average molecular weight is 294 g/mol.